The third-order valence-corrected chi connectivity index (χ3v) is 3.90. The van der Waals surface area contributed by atoms with Crippen LogP contribution in [0.4, 0.5) is 21.0 Å². The van der Waals surface area contributed by atoms with Gasteiger partial charge >= 0.3 is 0 Å². The van der Waals surface area contributed by atoms with Gasteiger partial charge in [0.2, 0.25) is 5.78 Å². The van der Waals surface area contributed by atoms with Crippen molar-refractivity contribution >= 4 is 33.8 Å². The van der Waals surface area contributed by atoms with E-state index in [0.717, 1.165) is 17.0 Å². The summed E-state index contributed by atoms with van der Waals surface area (Å²) < 4.78 is 13.7. The molecule has 0 spiro atoms. The fourth-order valence-electron chi connectivity index (χ4n) is 1.87. The van der Waals surface area contributed by atoms with Crippen LogP contribution in [0.15, 0.2) is 48.8 Å². The van der Waals surface area contributed by atoms with Gasteiger partial charge in [-0.1, -0.05) is 23.5 Å². The molecular formula is C15H11FN4OS. The van der Waals surface area contributed by atoms with Crippen molar-refractivity contribution < 1.29 is 9.18 Å². The largest absolute Gasteiger partial charge is 0.382 e. The third kappa shape index (κ3) is 2.79. The monoisotopic (exact) mass is 314 g/mol. The summed E-state index contributed by atoms with van der Waals surface area (Å²) in [6, 6.07) is 9.31. The van der Waals surface area contributed by atoms with Gasteiger partial charge in [0, 0.05) is 18.1 Å². The van der Waals surface area contributed by atoms with Crippen molar-refractivity contribution in [3.8, 4) is 0 Å². The van der Waals surface area contributed by atoms with Gasteiger partial charge in [0.1, 0.15) is 16.5 Å². The summed E-state index contributed by atoms with van der Waals surface area (Å²) in [5.74, 6) is -0.977. The van der Waals surface area contributed by atoms with Gasteiger partial charge in [0.15, 0.2) is 5.13 Å². The highest BCUT2D eigenvalue weighted by Crippen LogP contribution is 2.29. The zero-order valence-corrected chi connectivity index (χ0v) is 12.1. The number of nitrogen functional groups attached to an aromatic ring is 1. The molecule has 0 radical (unpaired) electrons. The van der Waals surface area contributed by atoms with Gasteiger partial charge in [-0.15, -0.1) is 0 Å². The summed E-state index contributed by atoms with van der Waals surface area (Å²) in [7, 11) is 0. The lowest BCUT2D eigenvalue weighted by Crippen LogP contribution is -2.04. The Labute approximate surface area is 129 Å². The van der Waals surface area contributed by atoms with Crippen molar-refractivity contribution in [2.24, 2.45) is 0 Å². The molecule has 0 fully saturated rings. The van der Waals surface area contributed by atoms with Crippen LogP contribution in [0, 0.1) is 5.82 Å². The topological polar surface area (TPSA) is 80.9 Å². The summed E-state index contributed by atoms with van der Waals surface area (Å²) in [6.07, 6.45) is 3.26. The molecule has 0 unspecified atom stereocenters. The lowest BCUT2D eigenvalue weighted by atomic mass is 10.1. The van der Waals surface area contributed by atoms with Crippen LogP contribution in [0.3, 0.4) is 0 Å². The minimum atomic E-state index is -0.580. The Balaban J connectivity index is 1.90. The minimum absolute atomic E-state index is 0.0201. The average Bonchev–Trinajstić information content (AvgIpc) is 2.88. The van der Waals surface area contributed by atoms with E-state index >= 15 is 0 Å². The van der Waals surface area contributed by atoms with Crippen LogP contribution in [-0.2, 0) is 0 Å². The maximum atomic E-state index is 13.7. The summed E-state index contributed by atoms with van der Waals surface area (Å²) in [4.78, 5) is 20.6. The number of ketones is 1. The molecule has 0 saturated heterocycles. The second-order valence-electron chi connectivity index (χ2n) is 4.40. The number of aromatic nitrogens is 2. The van der Waals surface area contributed by atoms with Crippen LogP contribution in [0.5, 0.6) is 0 Å². The number of halogens is 1. The molecule has 0 aliphatic carbocycles. The van der Waals surface area contributed by atoms with Gasteiger partial charge in [-0.2, -0.15) is 0 Å². The average molecular weight is 314 g/mol. The van der Waals surface area contributed by atoms with E-state index in [2.05, 4.69) is 15.3 Å². The van der Waals surface area contributed by atoms with Crippen molar-refractivity contribution in [3.63, 3.8) is 0 Å². The molecule has 0 atom stereocenters. The van der Waals surface area contributed by atoms with Gasteiger partial charge in [0.05, 0.1) is 5.56 Å². The van der Waals surface area contributed by atoms with Crippen molar-refractivity contribution in [3.05, 3.63) is 65.0 Å². The molecule has 3 aromatic rings. The Kier molecular flexibility index (Phi) is 3.80. The summed E-state index contributed by atoms with van der Waals surface area (Å²) >= 11 is 1.08. The maximum Gasteiger partial charge on any atom is 0.209 e. The smallest absolute Gasteiger partial charge is 0.209 e. The Morgan fingerprint density at radius 2 is 1.91 bits per heavy atom. The van der Waals surface area contributed by atoms with E-state index < -0.39 is 11.6 Å². The van der Waals surface area contributed by atoms with Crippen molar-refractivity contribution in [2.75, 3.05) is 11.1 Å². The van der Waals surface area contributed by atoms with Crippen molar-refractivity contribution in [1.29, 1.82) is 0 Å². The fraction of sp³-hybridized carbons (Fsp3) is 0. The highest BCUT2D eigenvalue weighted by Gasteiger charge is 2.20. The molecule has 3 N–H and O–H groups in total. The first kappa shape index (κ1) is 14.2. The predicted molar refractivity (Wildman–Crippen MR) is 83.9 cm³/mol. The Bertz CT molecular complexity index is 819. The van der Waals surface area contributed by atoms with Crippen molar-refractivity contribution in [2.45, 2.75) is 0 Å². The molecule has 2 aromatic heterocycles. The summed E-state index contributed by atoms with van der Waals surface area (Å²) in [6.45, 7) is 0. The number of nitrogens with two attached hydrogens (primary N) is 1. The second kappa shape index (κ2) is 5.90. The fourth-order valence-corrected chi connectivity index (χ4v) is 2.73. The SMILES string of the molecule is Nc1nc(Nc2ccncc2)sc1C(=O)c1ccccc1F. The van der Waals surface area contributed by atoms with Crippen molar-refractivity contribution in [1.82, 2.24) is 9.97 Å². The lowest BCUT2D eigenvalue weighted by Gasteiger charge is -2.00. The minimum Gasteiger partial charge on any atom is -0.382 e. The van der Waals surface area contributed by atoms with Crippen LogP contribution in [-0.4, -0.2) is 15.8 Å². The number of carbonyl (C=O) groups is 1. The standard InChI is InChI=1S/C15H11FN4OS/c16-11-4-2-1-3-10(11)12(21)13-14(17)20-15(22-13)19-9-5-7-18-8-6-9/h1-8H,17H2,(H,18,19,20). The number of benzene rings is 1. The van der Waals surface area contributed by atoms with Gasteiger partial charge in [0.25, 0.3) is 0 Å². The molecule has 110 valence electrons. The Morgan fingerprint density at radius 3 is 2.64 bits per heavy atom. The molecule has 5 nitrogen and oxygen atoms in total. The number of pyridine rings is 1. The van der Waals surface area contributed by atoms with Crippen LogP contribution in [0.1, 0.15) is 15.2 Å². The molecule has 0 aliphatic heterocycles. The van der Waals surface area contributed by atoms with E-state index in [0.29, 0.717) is 5.13 Å². The molecule has 0 saturated carbocycles. The summed E-state index contributed by atoms with van der Waals surface area (Å²) in [5.41, 5.74) is 6.54. The number of rotatable bonds is 4. The predicted octanol–water partition coefficient (Wildman–Crippen LogP) is 3.23. The molecule has 22 heavy (non-hydrogen) atoms. The lowest BCUT2D eigenvalue weighted by molar-refractivity contribution is 0.103. The van der Waals surface area contributed by atoms with Gasteiger partial charge in [-0.3, -0.25) is 9.78 Å². The van der Waals surface area contributed by atoms with Crippen LogP contribution >= 0.6 is 11.3 Å². The Hall–Kier alpha value is -2.80. The molecule has 2 heterocycles. The highest BCUT2D eigenvalue weighted by molar-refractivity contribution is 7.18. The van der Waals surface area contributed by atoms with Gasteiger partial charge in [-0.25, -0.2) is 9.37 Å². The van der Waals surface area contributed by atoms with E-state index in [9.17, 15) is 9.18 Å². The maximum absolute atomic E-state index is 13.7. The van der Waals surface area contributed by atoms with E-state index in [1.165, 1.54) is 18.2 Å². The molecule has 7 heteroatoms. The van der Waals surface area contributed by atoms with E-state index in [1.54, 1.807) is 30.6 Å². The quantitative estimate of drug-likeness (QED) is 0.723. The van der Waals surface area contributed by atoms with Gasteiger partial charge < -0.3 is 11.1 Å². The molecule has 1 aromatic carbocycles. The first-order chi connectivity index (χ1) is 10.6. The van der Waals surface area contributed by atoms with Gasteiger partial charge in [-0.05, 0) is 24.3 Å². The molecule has 0 amide bonds. The van der Waals surface area contributed by atoms with E-state index in [-0.39, 0.29) is 16.3 Å². The number of thiazole rings is 1. The number of hydrogen-bond donors (Lipinski definition) is 2. The number of anilines is 3. The van der Waals surface area contributed by atoms with E-state index in [1.807, 2.05) is 0 Å². The second-order valence-corrected chi connectivity index (χ2v) is 5.40. The van der Waals surface area contributed by atoms with Crippen LogP contribution in [0.2, 0.25) is 0 Å². The van der Waals surface area contributed by atoms with E-state index in [4.69, 9.17) is 5.73 Å². The zero-order valence-electron chi connectivity index (χ0n) is 11.3. The number of nitrogens with one attached hydrogen (secondary N) is 1. The first-order valence-electron chi connectivity index (χ1n) is 6.38. The number of nitrogens with zero attached hydrogens (tertiary/aromatic N) is 2. The third-order valence-electron chi connectivity index (χ3n) is 2.91. The van der Waals surface area contributed by atoms with Crippen LogP contribution < -0.4 is 11.1 Å². The number of hydrogen-bond acceptors (Lipinski definition) is 6. The summed E-state index contributed by atoms with van der Waals surface area (Å²) in [5, 5.41) is 3.49. The zero-order chi connectivity index (χ0) is 15.5. The highest BCUT2D eigenvalue weighted by atomic mass is 32.1. The molecular weight excluding hydrogens is 303 g/mol. The Morgan fingerprint density at radius 1 is 1.18 bits per heavy atom. The normalized spacial score (nSPS) is 10.4. The first-order valence-corrected chi connectivity index (χ1v) is 7.19. The molecule has 3 rings (SSSR count). The molecule has 0 aliphatic rings. The molecule has 0 bridgehead atoms. The number of carbonyl (C=O) groups excluding carboxylic acids is 1. The van der Waals surface area contributed by atoms with Crippen LogP contribution in [0.25, 0.3) is 0 Å².